The van der Waals surface area contributed by atoms with Crippen LogP contribution in [0.25, 0.3) is 22.6 Å². The molecule has 3 N–H and O–H groups in total. The number of rotatable bonds is 6. The molecule has 4 atom stereocenters. The number of thiophene rings is 1. The van der Waals surface area contributed by atoms with Gasteiger partial charge in [-0.3, -0.25) is 9.11 Å². The molecule has 5 heterocycles. The molecular formula is C29H37N7O3S2. The largest absolute Gasteiger partial charge is 0.395 e. The number of aryl methyl sites for hydroxylation is 1. The molecule has 0 radical (unpaired) electrons. The highest BCUT2D eigenvalue weighted by Crippen LogP contribution is 2.55. The van der Waals surface area contributed by atoms with Gasteiger partial charge in [0.05, 0.1) is 45.4 Å². The van der Waals surface area contributed by atoms with Crippen molar-refractivity contribution in [3.63, 3.8) is 0 Å². The molecule has 0 saturated carbocycles. The summed E-state index contributed by atoms with van der Waals surface area (Å²) in [6, 6.07) is 0.255. The Kier molecular flexibility index (Phi) is 6.80. The number of β-amino-alcohol motifs (C(OH)–C–C–N with tert-alkyl or cyclic N) is 1. The van der Waals surface area contributed by atoms with Crippen molar-refractivity contribution in [2.24, 2.45) is 0 Å². The SMILES string of the molecule is Cc1c(N)sc2c1[C@@]1(CCC2)CCCc2c(-c3nc(S(C)=O)c4cnn([C@@H](C)[C@@H]5CCCN5CCO)c4n3)noc21. The third-order valence-electron chi connectivity index (χ3n) is 9.64. The normalized spacial score (nSPS) is 24.1. The molecule has 2 aliphatic carbocycles. The molecule has 3 aliphatic rings. The number of anilines is 1. The topological polar surface area (TPSA) is 136 Å². The number of aromatic nitrogens is 5. The van der Waals surface area contributed by atoms with Crippen LogP contribution in [0.4, 0.5) is 5.00 Å². The maximum Gasteiger partial charge on any atom is 0.185 e. The van der Waals surface area contributed by atoms with Crippen molar-refractivity contribution in [1.29, 1.82) is 0 Å². The van der Waals surface area contributed by atoms with Crippen LogP contribution in [0.3, 0.4) is 0 Å². The van der Waals surface area contributed by atoms with E-state index in [0.29, 0.717) is 34.1 Å². The fourth-order valence-electron chi connectivity index (χ4n) is 7.81. The average molecular weight is 596 g/mol. The molecule has 0 amide bonds. The van der Waals surface area contributed by atoms with Crippen LogP contribution in [0, 0.1) is 6.92 Å². The van der Waals surface area contributed by atoms with Crippen LogP contribution in [0.2, 0.25) is 0 Å². The van der Waals surface area contributed by atoms with Crippen LogP contribution in [0.15, 0.2) is 15.7 Å². The van der Waals surface area contributed by atoms with Crippen molar-refractivity contribution in [3.05, 3.63) is 33.5 Å². The molecule has 1 saturated heterocycles. The molecule has 1 fully saturated rings. The number of nitrogens with zero attached hydrogens (tertiary/aromatic N) is 6. The predicted molar refractivity (Wildman–Crippen MR) is 160 cm³/mol. The smallest absolute Gasteiger partial charge is 0.185 e. The maximum atomic E-state index is 13.0. The number of hydrogen-bond acceptors (Lipinski definition) is 10. The summed E-state index contributed by atoms with van der Waals surface area (Å²) in [4.78, 5) is 13.6. The lowest BCUT2D eigenvalue weighted by molar-refractivity contribution is 0.153. The summed E-state index contributed by atoms with van der Waals surface area (Å²) in [6.07, 6.45) is 11.5. The minimum absolute atomic E-state index is 0.0182. The summed E-state index contributed by atoms with van der Waals surface area (Å²) in [5.41, 5.74) is 11.1. The van der Waals surface area contributed by atoms with Crippen LogP contribution in [-0.4, -0.2) is 71.1 Å². The molecule has 10 nitrogen and oxygen atoms in total. The van der Waals surface area contributed by atoms with Gasteiger partial charge in [0.25, 0.3) is 0 Å². The van der Waals surface area contributed by atoms with Crippen molar-refractivity contribution < 1.29 is 13.8 Å². The van der Waals surface area contributed by atoms with Crippen LogP contribution >= 0.6 is 11.3 Å². The lowest BCUT2D eigenvalue weighted by Crippen LogP contribution is -2.37. The summed E-state index contributed by atoms with van der Waals surface area (Å²) in [5, 5.41) is 21.0. The first-order chi connectivity index (χ1) is 19.8. The Hall–Kier alpha value is -2.67. The molecule has 1 aliphatic heterocycles. The van der Waals surface area contributed by atoms with E-state index in [2.05, 4.69) is 23.9 Å². The molecule has 1 spiro atoms. The van der Waals surface area contributed by atoms with Gasteiger partial charge in [-0.25, -0.2) is 14.6 Å². The number of hydrogen-bond donors (Lipinski definition) is 2. The molecule has 0 aromatic carbocycles. The van der Waals surface area contributed by atoms with Gasteiger partial charge in [0.1, 0.15) is 5.03 Å². The molecule has 218 valence electrons. The van der Waals surface area contributed by atoms with Crippen molar-refractivity contribution in [3.8, 4) is 11.5 Å². The summed E-state index contributed by atoms with van der Waals surface area (Å²) in [7, 11) is -1.35. The third-order valence-corrected chi connectivity index (χ3v) is 11.7. The van der Waals surface area contributed by atoms with E-state index in [4.69, 9.17) is 25.3 Å². The third kappa shape index (κ3) is 4.12. The zero-order valence-electron chi connectivity index (χ0n) is 23.9. The Morgan fingerprint density at radius 2 is 2.07 bits per heavy atom. The van der Waals surface area contributed by atoms with Crippen LogP contribution in [-0.2, 0) is 29.1 Å². The highest BCUT2D eigenvalue weighted by molar-refractivity contribution is 7.84. The van der Waals surface area contributed by atoms with Crippen LogP contribution in [0.1, 0.15) is 78.8 Å². The minimum atomic E-state index is -1.35. The predicted octanol–water partition coefficient (Wildman–Crippen LogP) is 4.15. The Bertz CT molecular complexity index is 1660. The lowest BCUT2D eigenvalue weighted by Gasteiger charge is -2.39. The Balaban J connectivity index is 1.36. The number of aliphatic hydroxyl groups excluding tert-OH is 1. The first-order valence-corrected chi connectivity index (χ1v) is 17.0. The highest BCUT2D eigenvalue weighted by Gasteiger charge is 2.48. The quantitative estimate of drug-likeness (QED) is 0.315. The lowest BCUT2D eigenvalue weighted by atomic mass is 9.63. The minimum Gasteiger partial charge on any atom is -0.395 e. The van der Waals surface area contributed by atoms with Gasteiger partial charge in [-0.05, 0) is 82.9 Å². The number of likely N-dealkylation sites (tertiary alicyclic amines) is 1. The summed E-state index contributed by atoms with van der Waals surface area (Å²) in [5.74, 6) is 1.37. The van der Waals surface area contributed by atoms with Crippen molar-refractivity contribution >= 4 is 38.2 Å². The van der Waals surface area contributed by atoms with E-state index in [0.717, 1.165) is 74.2 Å². The second kappa shape index (κ2) is 10.3. The van der Waals surface area contributed by atoms with Gasteiger partial charge < -0.3 is 15.4 Å². The second-order valence-corrected chi connectivity index (χ2v) is 14.3. The van der Waals surface area contributed by atoms with E-state index < -0.39 is 10.8 Å². The van der Waals surface area contributed by atoms with Crippen LogP contribution < -0.4 is 5.73 Å². The van der Waals surface area contributed by atoms with Gasteiger partial charge in [0.15, 0.2) is 22.9 Å². The van der Waals surface area contributed by atoms with Gasteiger partial charge in [-0.15, -0.1) is 11.3 Å². The van der Waals surface area contributed by atoms with Crippen molar-refractivity contribution in [2.75, 3.05) is 31.7 Å². The molecule has 41 heavy (non-hydrogen) atoms. The van der Waals surface area contributed by atoms with E-state index in [9.17, 15) is 9.32 Å². The fourth-order valence-corrected chi connectivity index (χ4v) is 9.70. The molecule has 0 bridgehead atoms. The summed E-state index contributed by atoms with van der Waals surface area (Å²) in [6.45, 7) is 6.02. The monoisotopic (exact) mass is 595 g/mol. The van der Waals surface area contributed by atoms with Gasteiger partial charge >= 0.3 is 0 Å². The highest BCUT2D eigenvalue weighted by atomic mass is 32.2. The Morgan fingerprint density at radius 1 is 1.27 bits per heavy atom. The fraction of sp³-hybridized carbons (Fsp3) is 0.586. The molecular weight excluding hydrogens is 558 g/mol. The molecule has 4 aromatic rings. The molecule has 1 unspecified atom stereocenters. The summed E-state index contributed by atoms with van der Waals surface area (Å²) < 4.78 is 21.2. The number of fused-ring (bicyclic) bond motifs is 5. The standard InChI is InChI=1S/C29H37N7O3S2/c1-16-22-21(40-25(16)30)9-5-11-29(22)10-4-7-18-23(34-39-24(18)29)26-32-27-19(28(33-26)41(3)38)15-31-36(27)17(2)20-8-6-12-35(20)13-14-37/h15,17,20,37H,4-14,30H2,1-3H3/t17-,20-,29-,41?/m0/s1. The van der Waals surface area contributed by atoms with Gasteiger partial charge in [0.2, 0.25) is 0 Å². The summed E-state index contributed by atoms with van der Waals surface area (Å²) >= 11 is 1.72. The van der Waals surface area contributed by atoms with Gasteiger partial charge in [0, 0.05) is 29.3 Å². The number of nitrogen functional groups attached to an aromatic ring is 1. The molecule has 7 rings (SSSR count). The van der Waals surface area contributed by atoms with E-state index in [1.807, 2.05) is 4.68 Å². The van der Waals surface area contributed by atoms with Gasteiger partial charge in [-0.1, -0.05) is 5.16 Å². The van der Waals surface area contributed by atoms with E-state index in [1.54, 1.807) is 23.8 Å². The average Bonchev–Trinajstić information content (AvgIpc) is 3.74. The zero-order valence-corrected chi connectivity index (χ0v) is 25.5. The first-order valence-electron chi connectivity index (χ1n) is 14.6. The Morgan fingerprint density at radius 3 is 2.85 bits per heavy atom. The zero-order chi connectivity index (χ0) is 28.5. The van der Waals surface area contributed by atoms with E-state index >= 15 is 0 Å². The van der Waals surface area contributed by atoms with E-state index in [-0.39, 0.29) is 24.1 Å². The molecule has 4 aromatic heterocycles. The van der Waals surface area contributed by atoms with E-state index in [1.165, 1.54) is 16.0 Å². The molecule has 12 heteroatoms. The Labute approximate surface area is 245 Å². The van der Waals surface area contributed by atoms with Gasteiger partial charge in [-0.2, -0.15) is 5.10 Å². The van der Waals surface area contributed by atoms with Crippen molar-refractivity contribution in [2.45, 2.75) is 87.7 Å². The number of nitrogens with two attached hydrogens (primary N) is 1. The number of aliphatic hydroxyl groups is 1. The second-order valence-electron chi connectivity index (χ2n) is 11.9. The first kappa shape index (κ1) is 27.2. The maximum absolute atomic E-state index is 13.0. The van der Waals surface area contributed by atoms with Crippen molar-refractivity contribution in [1.82, 2.24) is 29.8 Å². The van der Waals surface area contributed by atoms with Crippen LogP contribution in [0.5, 0.6) is 0 Å².